The van der Waals surface area contributed by atoms with Crippen LogP contribution in [0, 0.1) is 0 Å². The minimum absolute atomic E-state index is 0.588. The van der Waals surface area contributed by atoms with Crippen LogP contribution in [0.2, 0.25) is 0 Å². The quantitative estimate of drug-likeness (QED) is 0.328. The van der Waals surface area contributed by atoms with Crippen LogP contribution in [-0.4, -0.2) is 20.6 Å². The summed E-state index contributed by atoms with van der Waals surface area (Å²) in [4.78, 5) is 4.93. The van der Waals surface area contributed by atoms with Gasteiger partial charge in [-0.2, -0.15) is 0 Å². The number of rotatable bonds is 6. The number of nitrogens with zero attached hydrogens (tertiary/aromatic N) is 4. The lowest BCUT2D eigenvalue weighted by Gasteiger charge is -2.16. The fourth-order valence-corrected chi connectivity index (χ4v) is 2.51. The second-order valence-corrected chi connectivity index (χ2v) is 5.10. The molecule has 104 valence electrons. The first kappa shape index (κ1) is 14.2. The van der Waals surface area contributed by atoms with Gasteiger partial charge in [0.25, 0.3) is 0 Å². The van der Waals surface area contributed by atoms with E-state index in [9.17, 15) is 0 Å². The third-order valence-corrected chi connectivity index (χ3v) is 3.49. The zero-order chi connectivity index (χ0) is 14.4. The summed E-state index contributed by atoms with van der Waals surface area (Å²) >= 11 is 0. The van der Waals surface area contributed by atoms with E-state index in [0.29, 0.717) is 6.54 Å². The summed E-state index contributed by atoms with van der Waals surface area (Å²) in [5.74, 6) is 0. The number of unbranched alkanes of at least 4 members (excludes halogenated alkanes) is 1. The maximum Gasteiger partial charge on any atom is 0.0440 e. The molecule has 2 aromatic rings. The average Bonchev–Trinajstić information content (AvgIpc) is 2.46. The number of azide groups is 1. The molecule has 0 fully saturated rings. The molecule has 0 heterocycles. The Morgan fingerprint density at radius 3 is 2.55 bits per heavy atom. The molecule has 0 aliphatic carbocycles. The van der Waals surface area contributed by atoms with Gasteiger partial charge in [-0.15, -0.1) is 0 Å². The maximum atomic E-state index is 8.26. The van der Waals surface area contributed by atoms with Crippen LogP contribution < -0.4 is 4.90 Å². The van der Waals surface area contributed by atoms with Crippen LogP contribution in [0.15, 0.2) is 41.5 Å². The zero-order valence-corrected chi connectivity index (χ0v) is 12.1. The highest BCUT2D eigenvalue weighted by Crippen LogP contribution is 2.28. The van der Waals surface area contributed by atoms with Gasteiger partial charge in [0.1, 0.15) is 0 Å². The Bertz CT molecular complexity index is 627. The summed E-state index contributed by atoms with van der Waals surface area (Å²) in [5.41, 5.74) is 10.9. The van der Waals surface area contributed by atoms with Crippen molar-refractivity contribution in [2.24, 2.45) is 5.11 Å². The van der Waals surface area contributed by atoms with Crippen LogP contribution >= 0.6 is 0 Å². The minimum atomic E-state index is 0.588. The maximum absolute atomic E-state index is 8.26. The molecule has 0 saturated heterocycles. The fraction of sp³-hybridized carbons (Fsp3) is 0.375. The normalized spacial score (nSPS) is 10.3. The molecule has 2 aromatic carbocycles. The van der Waals surface area contributed by atoms with E-state index in [-0.39, 0.29) is 0 Å². The van der Waals surface area contributed by atoms with Crippen molar-refractivity contribution in [3.63, 3.8) is 0 Å². The van der Waals surface area contributed by atoms with Gasteiger partial charge in [-0.1, -0.05) is 35.4 Å². The number of hydrogen-bond donors (Lipinski definition) is 0. The third-order valence-electron chi connectivity index (χ3n) is 3.49. The highest BCUT2D eigenvalue weighted by atomic mass is 15.1. The Morgan fingerprint density at radius 2 is 1.80 bits per heavy atom. The van der Waals surface area contributed by atoms with Gasteiger partial charge in [0, 0.05) is 36.6 Å². The van der Waals surface area contributed by atoms with E-state index >= 15 is 0 Å². The first-order valence-electron chi connectivity index (χ1n) is 6.93. The van der Waals surface area contributed by atoms with E-state index in [1.165, 1.54) is 22.0 Å². The topological polar surface area (TPSA) is 52.0 Å². The first-order valence-corrected chi connectivity index (χ1v) is 6.93. The predicted octanol–water partition coefficient (Wildman–Crippen LogP) is 4.54. The molecule has 0 aliphatic heterocycles. The van der Waals surface area contributed by atoms with Gasteiger partial charge < -0.3 is 4.90 Å². The summed E-state index contributed by atoms with van der Waals surface area (Å²) in [5, 5.41) is 6.19. The molecule has 0 N–H and O–H groups in total. The number of aryl methyl sites for hydroxylation is 1. The van der Waals surface area contributed by atoms with Gasteiger partial charge in [0.2, 0.25) is 0 Å². The molecule has 0 radical (unpaired) electrons. The van der Waals surface area contributed by atoms with Gasteiger partial charge in [-0.05, 0) is 41.8 Å². The van der Waals surface area contributed by atoms with E-state index in [2.05, 4.69) is 65.4 Å². The Labute approximate surface area is 119 Å². The molecule has 0 saturated carbocycles. The van der Waals surface area contributed by atoms with Gasteiger partial charge >= 0.3 is 0 Å². The third kappa shape index (κ3) is 3.22. The van der Waals surface area contributed by atoms with Crippen molar-refractivity contribution >= 4 is 16.5 Å². The SMILES string of the molecule is CN(C)c1cccc2c(CCCCN=[N+]=[N-])cccc12. The smallest absolute Gasteiger partial charge is 0.0440 e. The van der Waals surface area contributed by atoms with E-state index in [0.717, 1.165) is 19.3 Å². The van der Waals surface area contributed by atoms with E-state index in [4.69, 9.17) is 5.53 Å². The van der Waals surface area contributed by atoms with Crippen LogP contribution in [0.25, 0.3) is 21.2 Å². The molecule has 4 heteroatoms. The summed E-state index contributed by atoms with van der Waals surface area (Å²) < 4.78 is 0. The molecule has 0 amide bonds. The number of benzene rings is 2. The number of anilines is 1. The Hall–Kier alpha value is -2.19. The first-order chi connectivity index (χ1) is 9.74. The van der Waals surface area contributed by atoms with Crippen molar-refractivity contribution < 1.29 is 0 Å². The van der Waals surface area contributed by atoms with Crippen molar-refractivity contribution in [2.75, 3.05) is 25.5 Å². The highest BCUT2D eigenvalue weighted by Gasteiger charge is 2.05. The van der Waals surface area contributed by atoms with Crippen molar-refractivity contribution in [1.29, 1.82) is 0 Å². The van der Waals surface area contributed by atoms with E-state index < -0.39 is 0 Å². The lowest BCUT2D eigenvalue weighted by atomic mass is 9.99. The highest BCUT2D eigenvalue weighted by molar-refractivity contribution is 5.96. The summed E-state index contributed by atoms with van der Waals surface area (Å²) in [7, 11) is 4.14. The number of hydrogen-bond acceptors (Lipinski definition) is 2. The monoisotopic (exact) mass is 268 g/mol. The van der Waals surface area contributed by atoms with Crippen LogP contribution in [-0.2, 0) is 6.42 Å². The summed E-state index contributed by atoms with van der Waals surface area (Å²) in [6.07, 6.45) is 3.01. The van der Waals surface area contributed by atoms with Gasteiger partial charge in [0.15, 0.2) is 0 Å². The van der Waals surface area contributed by atoms with Crippen LogP contribution in [0.5, 0.6) is 0 Å². The second kappa shape index (κ2) is 6.83. The molecule has 0 atom stereocenters. The van der Waals surface area contributed by atoms with Crippen LogP contribution in [0.3, 0.4) is 0 Å². The van der Waals surface area contributed by atoms with E-state index in [1.807, 2.05) is 0 Å². The van der Waals surface area contributed by atoms with Gasteiger partial charge in [0.05, 0.1) is 0 Å². The lowest BCUT2D eigenvalue weighted by molar-refractivity contribution is 0.744. The Balaban J connectivity index is 2.21. The molecule has 0 spiro atoms. The van der Waals surface area contributed by atoms with Gasteiger partial charge in [-0.3, -0.25) is 0 Å². The predicted molar refractivity (Wildman–Crippen MR) is 85.2 cm³/mol. The molecule has 20 heavy (non-hydrogen) atoms. The molecular weight excluding hydrogens is 248 g/mol. The molecule has 0 bridgehead atoms. The van der Waals surface area contributed by atoms with Crippen molar-refractivity contribution in [3.05, 3.63) is 52.4 Å². The number of fused-ring (bicyclic) bond motifs is 1. The summed E-state index contributed by atoms with van der Waals surface area (Å²) in [6.45, 7) is 0.588. The average molecular weight is 268 g/mol. The minimum Gasteiger partial charge on any atom is -0.377 e. The molecule has 0 aliphatic rings. The molecule has 0 unspecified atom stereocenters. The molecule has 4 nitrogen and oxygen atoms in total. The molecule has 0 aromatic heterocycles. The van der Waals surface area contributed by atoms with Crippen molar-refractivity contribution in [1.82, 2.24) is 0 Å². The largest absolute Gasteiger partial charge is 0.377 e. The van der Waals surface area contributed by atoms with Crippen LogP contribution in [0.4, 0.5) is 5.69 Å². The zero-order valence-electron chi connectivity index (χ0n) is 12.1. The lowest BCUT2D eigenvalue weighted by Crippen LogP contribution is -2.09. The Morgan fingerprint density at radius 1 is 1.05 bits per heavy atom. The second-order valence-electron chi connectivity index (χ2n) is 5.10. The van der Waals surface area contributed by atoms with Crippen LogP contribution in [0.1, 0.15) is 18.4 Å². The molecular formula is C16H20N4. The fourth-order valence-electron chi connectivity index (χ4n) is 2.51. The van der Waals surface area contributed by atoms with Gasteiger partial charge in [-0.25, -0.2) is 0 Å². The molecule has 2 rings (SSSR count). The van der Waals surface area contributed by atoms with Crippen molar-refractivity contribution in [3.8, 4) is 0 Å². The standard InChI is InChI=1S/C16H20N4/c1-20(2)16-11-6-9-14-13(8-5-10-15(14)16)7-3-4-12-18-19-17/h5-6,8-11H,3-4,7,12H2,1-2H3. The van der Waals surface area contributed by atoms with Crippen molar-refractivity contribution in [2.45, 2.75) is 19.3 Å². The van der Waals surface area contributed by atoms with E-state index in [1.54, 1.807) is 0 Å². The Kier molecular flexibility index (Phi) is 4.85. The summed E-state index contributed by atoms with van der Waals surface area (Å²) in [6, 6.07) is 12.9.